The molecular formula is C20H20N4O2. The molecule has 1 N–H and O–H groups in total. The second kappa shape index (κ2) is 7.09. The van der Waals surface area contributed by atoms with E-state index in [1.807, 2.05) is 0 Å². The van der Waals surface area contributed by atoms with Crippen LogP contribution in [0.4, 0.5) is 11.5 Å². The number of rotatable bonds is 5. The van der Waals surface area contributed by atoms with Crippen molar-refractivity contribution >= 4 is 22.3 Å². The molecule has 2 aromatic carbocycles. The summed E-state index contributed by atoms with van der Waals surface area (Å²) in [6, 6.07) is 18.4. The van der Waals surface area contributed by atoms with Crippen molar-refractivity contribution in [2.24, 2.45) is 0 Å². The molecule has 1 fully saturated rings. The Morgan fingerprint density at radius 2 is 2.00 bits per heavy atom. The molecule has 1 saturated heterocycles. The minimum atomic E-state index is -0.432. The van der Waals surface area contributed by atoms with Crippen molar-refractivity contribution in [2.45, 2.75) is 19.0 Å². The Morgan fingerprint density at radius 1 is 1.15 bits per heavy atom. The van der Waals surface area contributed by atoms with Crippen LogP contribution in [-0.4, -0.2) is 33.9 Å². The Hall–Kier alpha value is -2.99. The first kappa shape index (κ1) is 16.5. The van der Waals surface area contributed by atoms with Gasteiger partial charge in [-0.15, -0.1) is 0 Å². The van der Waals surface area contributed by atoms with E-state index in [1.54, 1.807) is 6.07 Å². The van der Waals surface area contributed by atoms with Crippen LogP contribution < -0.4 is 5.32 Å². The zero-order valence-electron chi connectivity index (χ0n) is 14.3. The molecular weight excluding hydrogens is 328 g/mol. The molecule has 26 heavy (non-hydrogen) atoms. The number of pyridine rings is 1. The van der Waals surface area contributed by atoms with E-state index in [2.05, 4.69) is 57.7 Å². The fourth-order valence-electron chi connectivity index (χ4n) is 3.55. The molecule has 0 saturated carbocycles. The second-order valence-electron chi connectivity index (χ2n) is 6.66. The van der Waals surface area contributed by atoms with Crippen LogP contribution in [-0.2, 0) is 6.54 Å². The normalized spacial score (nSPS) is 17.5. The standard InChI is InChI=1S/C20H20N4O2/c25-24(26)18-8-9-20(21-12-18)22-17-10-11-23(14-17)13-16-6-3-5-15-4-1-2-7-19(15)16/h1-9,12,17H,10-11,13-14H2,(H,21,22). The average Bonchev–Trinajstić information content (AvgIpc) is 3.09. The lowest BCUT2D eigenvalue weighted by Crippen LogP contribution is -2.26. The molecule has 0 bridgehead atoms. The maximum absolute atomic E-state index is 10.7. The van der Waals surface area contributed by atoms with Crippen LogP contribution in [0.5, 0.6) is 0 Å². The van der Waals surface area contributed by atoms with E-state index >= 15 is 0 Å². The van der Waals surface area contributed by atoms with Crippen molar-refractivity contribution in [3.8, 4) is 0 Å². The van der Waals surface area contributed by atoms with Gasteiger partial charge < -0.3 is 5.32 Å². The van der Waals surface area contributed by atoms with Gasteiger partial charge in [-0.25, -0.2) is 4.98 Å². The highest BCUT2D eigenvalue weighted by atomic mass is 16.6. The lowest BCUT2D eigenvalue weighted by Gasteiger charge is -2.18. The maximum Gasteiger partial charge on any atom is 0.287 e. The number of nitrogens with one attached hydrogen (secondary N) is 1. The smallest absolute Gasteiger partial charge is 0.287 e. The van der Waals surface area contributed by atoms with Crippen LogP contribution in [0.15, 0.2) is 60.8 Å². The average molecular weight is 348 g/mol. The third-order valence-corrected chi connectivity index (χ3v) is 4.86. The number of nitrogens with zero attached hydrogens (tertiary/aromatic N) is 3. The zero-order chi connectivity index (χ0) is 17.9. The van der Waals surface area contributed by atoms with Gasteiger partial charge in [-0.05, 0) is 28.8 Å². The molecule has 1 atom stereocenters. The largest absolute Gasteiger partial charge is 0.366 e. The molecule has 6 nitrogen and oxygen atoms in total. The summed E-state index contributed by atoms with van der Waals surface area (Å²) in [5, 5.41) is 16.7. The van der Waals surface area contributed by atoms with E-state index in [-0.39, 0.29) is 5.69 Å². The Balaban J connectivity index is 1.40. The van der Waals surface area contributed by atoms with Crippen molar-refractivity contribution in [1.82, 2.24) is 9.88 Å². The number of likely N-dealkylation sites (tertiary alicyclic amines) is 1. The van der Waals surface area contributed by atoms with Crippen LogP contribution in [0.3, 0.4) is 0 Å². The first-order valence-electron chi connectivity index (χ1n) is 8.75. The van der Waals surface area contributed by atoms with Crippen molar-refractivity contribution in [3.05, 3.63) is 76.5 Å². The molecule has 0 aliphatic carbocycles. The van der Waals surface area contributed by atoms with Gasteiger partial charge in [0.15, 0.2) is 0 Å². The van der Waals surface area contributed by atoms with Crippen molar-refractivity contribution in [1.29, 1.82) is 0 Å². The number of hydrogen-bond donors (Lipinski definition) is 1. The molecule has 0 amide bonds. The summed E-state index contributed by atoms with van der Waals surface area (Å²) >= 11 is 0. The lowest BCUT2D eigenvalue weighted by atomic mass is 10.0. The van der Waals surface area contributed by atoms with Crippen molar-refractivity contribution < 1.29 is 4.92 Å². The van der Waals surface area contributed by atoms with Gasteiger partial charge in [0.05, 0.1) is 4.92 Å². The first-order valence-corrected chi connectivity index (χ1v) is 8.75. The second-order valence-corrected chi connectivity index (χ2v) is 6.66. The van der Waals surface area contributed by atoms with Gasteiger partial charge in [0.1, 0.15) is 12.0 Å². The summed E-state index contributed by atoms with van der Waals surface area (Å²) in [6.07, 6.45) is 2.33. The molecule has 1 unspecified atom stereocenters. The van der Waals surface area contributed by atoms with Gasteiger partial charge >= 0.3 is 0 Å². The van der Waals surface area contributed by atoms with Crippen molar-refractivity contribution in [3.63, 3.8) is 0 Å². The molecule has 0 spiro atoms. The number of hydrogen-bond acceptors (Lipinski definition) is 5. The third kappa shape index (κ3) is 3.50. The van der Waals surface area contributed by atoms with E-state index in [0.717, 1.165) is 26.1 Å². The predicted molar refractivity (Wildman–Crippen MR) is 102 cm³/mol. The number of aromatic nitrogens is 1. The maximum atomic E-state index is 10.7. The summed E-state index contributed by atoms with van der Waals surface area (Å²) < 4.78 is 0. The minimum absolute atomic E-state index is 0.0135. The van der Waals surface area contributed by atoms with Gasteiger partial charge in [-0.3, -0.25) is 15.0 Å². The number of anilines is 1. The Labute approximate surface area is 151 Å². The predicted octanol–water partition coefficient (Wildman–Crippen LogP) is 3.83. The third-order valence-electron chi connectivity index (χ3n) is 4.86. The number of fused-ring (bicyclic) bond motifs is 1. The molecule has 4 rings (SSSR count). The summed E-state index contributed by atoms with van der Waals surface area (Å²) in [5.41, 5.74) is 1.36. The molecule has 3 aromatic rings. The van der Waals surface area contributed by atoms with Gasteiger partial charge in [0.2, 0.25) is 0 Å². The van der Waals surface area contributed by atoms with Crippen LogP contribution in [0.25, 0.3) is 10.8 Å². The highest BCUT2D eigenvalue weighted by Crippen LogP contribution is 2.23. The highest BCUT2D eigenvalue weighted by molar-refractivity contribution is 5.85. The Morgan fingerprint density at radius 3 is 2.81 bits per heavy atom. The topological polar surface area (TPSA) is 71.3 Å². The summed E-state index contributed by atoms with van der Waals surface area (Å²) in [6.45, 7) is 2.88. The van der Waals surface area contributed by atoms with E-state index in [9.17, 15) is 10.1 Å². The molecule has 0 radical (unpaired) electrons. The van der Waals surface area contributed by atoms with E-state index in [1.165, 1.54) is 28.6 Å². The molecule has 1 aromatic heterocycles. The number of nitro groups is 1. The molecule has 1 aliphatic rings. The van der Waals surface area contributed by atoms with Crippen LogP contribution in [0.2, 0.25) is 0 Å². The number of benzene rings is 2. The highest BCUT2D eigenvalue weighted by Gasteiger charge is 2.23. The lowest BCUT2D eigenvalue weighted by molar-refractivity contribution is -0.385. The summed E-state index contributed by atoms with van der Waals surface area (Å²) in [7, 11) is 0. The molecule has 132 valence electrons. The van der Waals surface area contributed by atoms with Crippen LogP contribution in [0, 0.1) is 10.1 Å². The monoisotopic (exact) mass is 348 g/mol. The van der Waals surface area contributed by atoms with Crippen LogP contribution in [0.1, 0.15) is 12.0 Å². The van der Waals surface area contributed by atoms with Gasteiger partial charge in [-0.1, -0.05) is 42.5 Å². The SMILES string of the molecule is O=[N+]([O-])c1ccc(NC2CCN(Cc3cccc4ccccc34)C2)nc1. The summed E-state index contributed by atoms with van der Waals surface area (Å²) in [4.78, 5) is 16.9. The van der Waals surface area contributed by atoms with Crippen LogP contribution >= 0.6 is 0 Å². The van der Waals surface area contributed by atoms with E-state index in [4.69, 9.17) is 0 Å². The van der Waals surface area contributed by atoms with Gasteiger partial charge in [0.25, 0.3) is 5.69 Å². The van der Waals surface area contributed by atoms with Gasteiger partial charge in [-0.2, -0.15) is 0 Å². The zero-order valence-corrected chi connectivity index (χ0v) is 14.3. The Kier molecular flexibility index (Phi) is 4.50. The fraction of sp³-hybridized carbons (Fsp3) is 0.250. The molecule has 6 heteroatoms. The fourth-order valence-corrected chi connectivity index (χ4v) is 3.55. The van der Waals surface area contributed by atoms with Gasteiger partial charge in [0, 0.05) is 31.7 Å². The minimum Gasteiger partial charge on any atom is -0.366 e. The van der Waals surface area contributed by atoms with E-state index in [0.29, 0.717) is 11.9 Å². The first-order chi connectivity index (χ1) is 12.7. The molecule has 2 heterocycles. The quantitative estimate of drug-likeness (QED) is 0.560. The van der Waals surface area contributed by atoms with Crippen molar-refractivity contribution in [2.75, 3.05) is 18.4 Å². The molecule has 1 aliphatic heterocycles. The Bertz CT molecular complexity index is 921. The summed E-state index contributed by atoms with van der Waals surface area (Å²) in [5.74, 6) is 0.688. The van der Waals surface area contributed by atoms with E-state index < -0.39 is 4.92 Å².